The zero-order chi connectivity index (χ0) is 26.4. The van der Waals surface area contributed by atoms with Crippen LogP contribution < -0.4 is 14.8 Å². The van der Waals surface area contributed by atoms with Crippen molar-refractivity contribution in [2.75, 3.05) is 10.0 Å². The standard InChI is InChI=1S/C26H22N2O7S2/c1-17(25(30)27-18-9-12-21(13-10-18)35-20-6-3-2-4-7-20)34-26(31)22-16-19(11-14-23(22)29)28-37(32,33)24-8-5-15-36-24/h2-17,28-29H,1H3,(H,27,30). The van der Waals surface area contributed by atoms with Crippen LogP contribution in [0.5, 0.6) is 17.2 Å². The van der Waals surface area contributed by atoms with E-state index in [9.17, 15) is 23.1 Å². The summed E-state index contributed by atoms with van der Waals surface area (Å²) in [5.41, 5.74) is 0.211. The van der Waals surface area contributed by atoms with Gasteiger partial charge in [0.15, 0.2) is 6.10 Å². The van der Waals surface area contributed by atoms with E-state index in [-0.39, 0.29) is 15.5 Å². The highest BCUT2D eigenvalue weighted by Gasteiger charge is 2.23. The third kappa shape index (κ3) is 6.66. The van der Waals surface area contributed by atoms with Gasteiger partial charge in [0.1, 0.15) is 27.0 Å². The first-order chi connectivity index (χ1) is 17.7. The summed E-state index contributed by atoms with van der Waals surface area (Å²) in [5.74, 6) is -0.770. The second-order valence-corrected chi connectivity index (χ2v) is 10.6. The third-order valence-electron chi connectivity index (χ3n) is 4.98. The molecular weight excluding hydrogens is 516 g/mol. The van der Waals surface area contributed by atoms with Crippen molar-refractivity contribution in [2.24, 2.45) is 0 Å². The number of aromatic hydroxyl groups is 1. The number of rotatable bonds is 9. The molecule has 11 heteroatoms. The minimum atomic E-state index is -3.86. The van der Waals surface area contributed by atoms with Crippen molar-refractivity contribution in [2.45, 2.75) is 17.2 Å². The molecular formula is C26H22N2O7S2. The molecule has 1 unspecified atom stereocenters. The number of esters is 1. The van der Waals surface area contributed by atoms with Crippen LogP contribution in [0.1, 0.15) is 17.3 Å². The van der Waals surface area contributed by atoms with E-state index >= 15 is 0 Å². The molecule has 0 aliphatic heterocycles. The molecule has 0 aliphatic carbocycles. The number of carbonyl (C=O) groups is 2. The Morgan fingerprint density at radius 3 is 2.24 bits per heavy atom. The van der Waals surface area contributed by atoms with Crippen LogP contribution in [0.25, 0.3) is 0 Å². The Balaban J connectivity index is 1.37. The maximum absolute atomic E-state index is 12.6. The topological polar surface area (TPSA) is 131 Å². The first-order valence-corrected chi connectivity index (χ1v) is 13.3. The van der Waals surface area contributed by atoms with Crippen LogP contribution >= 0.6 is 11.3 Å². The predicted molar refractivity (Wildman–Crippen MR) is 140 cm³/mol. The molecule has 3 aromatic carbocycles. The first kappa shape index (κ1) is 25.7. The van der Waals surface area contributed by atoms with E-state index in [1.165, 1.54) is 19.1 Å². The second kappa shape index (κ2) is 11.1. The molecule has 1 amide bonds. The summed E-state index contributed by atoms with van der Waals surface area (Å²) in [5, 5.41) is 14.4. The molecule has 0 spiro atoms. The number of hydrogen-bond donors (Lipinski definition) is 3. The molecule has 1 aromatic heterocycles. The highest BCUT2D eigenvalue weighted by molar-refractivity contribution is 7.94. The van der Waals surface area contributed by atoms with E-state index < -0.39 is 33.8 Å². The lowest BCUT2D eigenvalue weighted by Crippen LogP contribution is -2.30. The lowest BCUT2D eigenvalue weighted by molar-refractivity contribution is -0.123. The van der Waals surface area contributed by atoms with E-state index in [1.54, 1.807) is 35.7 Å². The summed E-state index contributed by atoms with van der Waals surface area (Å²) in [6.45, 7) is 1.38. The monoisotopic (exact) mass is 538 g/mol. The van der Waals surface area contributed by atoms with Gasteiger partial charge in [0.25, 0.3) is 15.9 Å². The first-order valence-electron chi connectivity index (χ1n) is 11.0. The van der Waals surface area contributed by atoms with Crippen LogP contribution in [0.15, 0.2) is 94.5 Å². The predicted octanol–water partition coefficient (Wildman–Crippen LogP) is 5.23. The van der Waals surface area contributed by atoms with Crippen molar-refractivity contribution in [1.29, 1.82) is 0 Å². The van der Waals surface area contributed by atoms with Gasteiger partial charge in [-0.1, -0.05) is 24.3 Å². The maximum atomic E-state index is 12.6. The molecule has 37 heavy (non-hydrogen) atoms. The van der Waals surface area contributed by atoms with Crippen molar-refractivity contribution in [3.8, 4) is 17.2 Å². The van der Waals surface area contributed by atoms with Gasteiger partial charge in [-0.05, 0) is 73.0 Å². The van der Waals surface area contributed by atoms with Gasteiger partial charge in [-0.25, -0.2) is 13.2 Å². The van der Waals surface area contributed by atoms with Crippen molar-refractivity contribution in [3.63, 3.8) is 0 Å². The van der Waals surface area contributed by atoms with E-state index in [0.29, 0.717) is 17.2 Å². The van der Waals surface area contributed by atoms with Crippen LogP contribution in [0.4, 0.5) is 11.4 Å². The number of sulfonamides is 1. The number of amides is 1. The van der Waals surface area contributed by atoms with E-state index in [1.807, 2.05) is 30.3 Å². The molecule has 0 saturated heterocycles. The van der Waals surface area contributed by atoms with Crippen LogP contribution in [-0.4, -0.2) is 31.5 Å². The molecule has 0 aliphatic rings. The minimum Gasteiger partial charge on any atom is -0.507 e. The number of benzene rings is 3. The molecule has 0 saturated carbocycles. The number of phenols is 1. The van der Waals surface area contributed by atoms with Gasteiger partial charge in [0.2, 0.25) is 0 Å². The van der Waals surface area contributed by atoms with Crippen molar-refractivity contribution < 1.29 is 32.6 Å². The Morgan fingerprint density at radius 2 is 1.57 bits per heavy atom. The highest BCUT2D eigenvalue weighted by atomic mass is 32.2. The largest absolute Gasteiger partial charge is 0.507 e. The molecule has 4 rings (SSSR count). The van der Waals surface area contributed by atoms with Crippen LogP contribution in [0.3, 0.4) is 0 Å². The fourth-order valence-electron chi connectivity index (χ4n) is 3.14. The molecule has 0 radical (unpaired) electrons. The smallest absolute Gasteiger partial charge is 0.342 e. The number of anilines is 2. The average molecular weight is 539 g/mol. The molecule has 0 bridgehead atoms. The molecule has 3 N–H and O–H groups in total. The molecule has 9 nitrogen and oxygen atoms in total. The number of nitrogens with one attached hydrogen (secondary N) is 2. The van der Waals surface area contributed by atoms with Crippen molar-refractivity contribution in [1.82, 2.24) is 0 Å². The summed E-state index contributed by atoms with van der Waals surface area (Å²) >= 11 is 1.03. The van der Waals surface area contributed by atoms with Crippen LogP contribution in [-0.2, 0) is 19.6 Å². The summed E-state index contributed by atoms with van der Waals surface area (Å²) in [6.07, 6.45) is -1.21. The van der Waals surface area contributed by atoms with E-state index in [4.69, 9.17) is 9.47 Å². The fourth-order valence-corrected chi connectivity index (χ4v) is 5.18. The third-order valence-corrected chi connectivity index (χ3v) is 7.76. The normalized spacial score (nSPS) is 11.8. The zero-order valence-corrected chi connectivity index (χ0v) is 21.1. The summed E-state index contributed by atoms with van der Waals surface area (Å²) in [4.78, 5) is 25.2. The number of ether oxygens (including phenoxy) is 2. The number of carbonyl (C=O) groups excluding carboxylic acids is 2. The van der Waals surface area contributed by atoms with E-state index in [2.05, 4.69) is 10.0 Å². The number of thiophene rings is 1. The summed E-state index contributed by atoms with van der Waals surface area (Å²) < 4.78 is 38.2. The number of para-hydroxylation sites is 1. The zero-order valence-electron chi connectivity index (χ0n) is 19.5. The minimum absolute atomic E-state index is 0.0491. The van der Waals surface area contributed by atoms with Gasteiger partial charge < -0.3 is 19.9 Å². The molecule has 0 fully saturated rings. The second-order valence-electron chi connectivity index (χ2n) is 7.75. The quantitative estimate of drug-likeness (QED) is 0.196. The SMILES string of the molecule is CC(OC(=O)c1cc(NS(=O)(=O)c2cccs2)ccc1O)C(=O)Nc1ccc(Oc2ccccc2)cc1. The molecule has 1 atom stereocenters. The van der Waals surface area contributed by atoms with Crippen LogP contribution in [0, 0.1) is 0 Å². The maximum Gasteiger partial charge on any atom is 0.342 e. The molecule has 190 valence electrons. The lowest BCUT2D eigenvalue weighted by atomic mass is 10.2. The Bertz CT molecular complexity index is 1490. The molecule has 1 heterocycles. The summed E-state index contributed by atoms with van der Waals surface area (Å²) in [6, 6.07) is 22.5. The Hall–Kier alpha value is -4.35. The van der Waals surface area contributed by atoms with Gasteiger partial charge in [0.05, 0.1) is 0 Å². The Morgan fingerprint density at radius 1 is 0.892 bits per heavy atom. The van der Waals surface area contributed by atoms with Gasteiger partial charge in [-0.3, -0.25) is 9.52 Å². The van der Waals surface area contributed by atoms with Gasteiger partial charge in [-0.15, -0.1) is 11.3 Å². The van der Waals surface area contributed by atoms with Crippen molar-refractivity contribution >= 4 is 44.6 Å². The lowest BCUT2D eigenvalue weighted by Gasteiger charge is -2.15. The summed E-state index contributed by atoms with van der Waals surface area (Å²) in [7, 11) is -3.86. The molecule has 4 aromatic rings. The van der Waals surface area contributed by atoms with E-state index in [0.717, 1.165) is 23.5 Å². The van der Waals surface area contributed by atoms with Gasteiger partial charge >= 0.3 is 5.97 Å². The van der Waals surface area contributed by atoms with Crippen molar-refractivity contribution in [3.05, 3.63) is 95.9 Å². The van der Waals surface area contributed by atoms with Gasteiger partial charge in [0, 0.05) is 11.4 Å². The number of hydrogen-bond acceptors (Lipinski definition) is 8. The highest BCUT2D eigenvalue weighted by Crippen LogP contribution is 2.26. The Kier molecular flexibility index (Phi) is 7.75. The van der Waals surface area contributed by atoms with Gasteiger partial charge in [-0.2, -0.15) is 0 Å². The number of phenolic OH excluding ortho intramolecular Hbond substituents is 1. The fraction of sp³-hybridized carbons (Fsp3) is 0.0769. The van der Waals surface area contributed by atoms with Crippen LogP contribution in [0.2, 0.25) is 0 Å². The average Bonchev–Trinajstić information content (AvgIpc) is 3.43. The Labute approximate surface area is 217 Å².